The molecule has 132 valence electrons. The Bertz CT molecular complexity index is 902. The Morgan fingerprint density at radius 1 is 1.23 bits per heavy atom. The zero-order valence-electron chi connectivity index (χ0n) is 13.7. The number of hydrogen-bond acceptors (Lipinski definition) is 4. The third-order valence-corrected chi connectivity index (χ3v) is 4.44. The Hall–Kier alpha value is -2.86. The summed E-state index contributed by atoms with van der Waals surface area (Å²) < 4.78 is 6.21. The van der Waals surface area contributed by atoms with Crippen molar-refractivity contribution in [3.63, 3.8) is 0 Å². The molecule has 0 aliphatic carbocycles. The second-order valence-electron chi connectivity index (χ2n) is 5.68. The van der Waals surface area contributed by atoms with Crippen LogP contribution in [0.2, 0.25) is 0 Å². The van der Waals surface area contributed by atoms with Gasteiger partial charge in [-0.2, -0.15) is 0 Å². The van der Waals surface area contributed by atoms with Crippen LogP contribution in [0.3, 0.4) is 0 Å². The predicted molar refractivity (Wildman–Crippen MR) is 102 cm³/mol. The summed E-state index contributed by atoms with van der Waals surface area (Å²) in [7, 11) is 0. The van der Waals surface area contributed by atoms with E-state index in [4.69, 9.17) is 4.74 Å². The lowest BCUT2D eigenvalue weighted by Crippen LogP contribution is -2.21. The van der Waals surface area contributed by atoms with E-state index < -0.39 is 17.7 Å². The van der Waals surface area contributed by atoms with Gasteiger partial charge in [0.25, 0.3) is 11.7 Å². The SMILES string of the molecule is C=CCOc1ccc(C(O)=C2C(=O)C(=O)N[C@@H]2c2cccc(Br)c2)cc1. The molecule has 2 aromatic rings. The van der Waals surface area contributed by atoms with Gasteiger partial charge in [0.05, 0.1) is 11.6 Å². The van der Waals surface area contributed by atoms with E-state index in [1.54, 1.807) is 48.5 Å². The minimum absolute atomic E-state index is 0.0351. The molecule has 1 heterocycles. The zero-order chi connectivity index (χ0) is 18.7. The maximum Gasteiger partial charge on any atom is 0.293 e. The number of benzene rings is 2. The first kappa shape index (κ1) is 17.9. The summed E-state index contributed by atoms with van der Waals surface area (Å²) >= 11 is 3.37. The number of halogens is 1. The first-order chi connectivity index (χ1) is 12.5. The van der Waals surface area contributed by atoms with Gasteiger partial charge in [0, 0.05) is 10.0 Å². The van der Waals surface area contributed by atoms with Crippen LogP contribution in [-0.2, 0) is 9.59 Å². The second-order valence-corrected chi connectivity index (χ2v) is 6.59. The molecular formula is C20H16BrNO4. The molecular weight excluding hydrogens is 398 g/mol. The van der Waals surface area contributed by atoms with E-state index >= 15 is 0 Å². The second kappa shape index (κ2) is 7.58. The Kier molecular flexibility index (Phi) is 5.23. The number of carbonyl (C=O) groups excluding carboxylic acids is 2. The number of nitrogens with one attached hydrogen (secondary N) is 1. The van der Waals surface area contributed by atoms with Crippen LogP contribution in [0.5, 0.6) is 5.75 Å². The van der Waals surface area contributed by atoms with Gasteiger partial charge in [0.15, 0.2) is 0 Å². The van der Waals surface area contributed by atoms with E-state index in [2.05, 4.69) is 27.8 Å². The van der Waals surface area contributed by atoms with Crippen molar-refractivity contribution in [1.82, 2.24) is 5.32 Å². The average molecular weight is 414 g/mol. The molecule has 3 rings (SSSR count). The number of amides is 1. The van der Waals surface area contributed by atoms with Gasteiger partial charge < -0.3 is 15.2 Å². The van der Waals surface area contributed by atoms with Crippen molar-refractivity contribution < 1.29 is 19.4 Å². The molecule has 26 heavy (non-hydrogen) atoms. The maximum atomic E-state index is 12.3. The molecule has 1 aliphatic heterocycles. The Balaban J connectivity index is 2.00. The molecule has 2 N–H and O–H groups in total. The number of ether oxygens (including phenoxy) is 1. The Labute approximate surface area is 159 Å². The number of hydrogen-bond donors (Lipinski definition) is 2. The third kappa shape index (κ3) is 3.55. The number of aliphatic hydroxyl groups is 1. The zero-order valence-corrected chi connectivity index (χ0v) is 15.3. The van der Waals surface area contributed by atoms with Crippen molar-refractivity contribution in [2.75, 3.05) is 6.61 Å². The quantitative estimate of drug-likeness (QED) is 0.339. The summed E-state index contributed by atoms with van der Waals surface area (Å²) in [6.07, 6.45) is 1.63. The smallest absolute Gasteiger partial charge is 0.293 e. The van der Waals surface area contributed by atoms with Crippen LogP contribution in [0, 0.1) is 0 Å². The molecule has 0 bridgehead atoms. The van der Waals surface area contributed by atoms with Crippen LogP contribution < -0.4 is 10.1 Å². The van der Waals surface area contributed by atoms with Crippen LogP contribution in [0.15, 0.2) is 71.2 Å². The summed E-state index contributed by atoms with van der Waals surface area (Å²) in [6.45, 7) is 3.95. The first-order valence-electron chi connectivity index (χ1n) is 7.89. The molecule has 0 unspecified atom stereocenters. The molecule has 1 amide bonds. The number of carbonyl (C=O) groups is 2. The van der Waals surface area contributed by atoms with E-state index in [0.717, 1.165) is 4.47 Å². The molecule has 5 nitrogen and oxygen atoms in total. The first-order valence-corrected chi connectivity index (χ1v) is 8.68. The third-order valence-electron chi connectivity index (χ3n) is 3.95. The van der Waals surface area contributed by atoms with Gasteiger partial charge in [-0.3, -0.25) is 9.59 Å². The summed E-state index contributed by atoms with van der Waals surface area (Å²) in [5, 5.41) is 13.3. The Morgan fingerprint density at radius 3 is 2.62 bits per heavy atom. The van der Waals surface area contributed by atoms with Crippen LogP contribution in [0.4, 0.5) is 0 Å². The van der Waals surface area contributed by atoms with E-state index in [1.165, 1.54) is 0 Å². The largest absolute Gasteiger partial charge is 0.507 e. The van der Waals surface area contributed by atoms with E-state index in [9.17, 15) is 14.7 Å². The highest BCUT2D eigenvalue weighted by molar-refractivity contribution is 9.10. The van der Waals surface area contributed by atoms with Gasteiger partial charge in [-0.25, -0.2) is 0 Å². The minimum atomic E-state index is -0.737. The lowest BCUT2D eigenvalue weighted by Gasteiger charge is -2.14. The van der Waals surface area contributed by atoms with Crippen molar-refractivity contribution >= 4 is 33.4 Å². The van der Waals surface area contributed by atoms with Gasteiger partial charge in [-0.1, -0.05) is 40.7 Å². The molecule has 6 heteroatoms. The monoisotopic (exact) mass is 413 g/mol. The normalized spacial score (nSPS) is 18.4. The van der Waals surface area contributed by atoms with Gasteiger partial charge in [-0.05, 0) is 42.0 Å². The Morgan fingerprint density at radius 2 is 1.96 bits per heavy atom. The molecule has 1 atom stereocenters. The van der Waals surface area contributed by atoms with Crippen LogP contribution in [0.1, 0.15) is 17.2 Å². The fraction of sp³-hybridized carbons (Fsp3) is 0.100. The van der Waals surface area contributed by atoms with Crippen LogP contribution in [-0.4, -0.2) is 23.4 Å². The topological polar surface area (TPSA) is 75.6 Å². The average Bonchev–Trinajstić information content (AvgIpc) is 2.95. The molecule has 1 fully saturated rings. The van der Waals surface area contributed by atoms with E-state index in [1.807, 2.05) is 6.07 Å². The fourth-order valence-electron chi connectivity index (χ4n) is 2.72. The van der Waals surface area contributed by atoms with Crippen LogP contribution >= 0.6 is 15.9 Å². The lowest BCUT2D eigenvalue weighted by atomic mass is 9.96. The van der Waals surface area contributed by atoms with Gasteiger partial charge >= 0.3 is 0 Å². The number of Topliss-reactive ketones (excluding diaryl/α,β-unsaturated/α-hetero) is 1. The van der Waals surface area contributed by atoms with Crippen LogP contribution in [0.25, 0.3) is 5.76 Å². The van der Waals surface area contributed by atoms with E-state index in [0.29, 0.717) is 23.5 Å². The minimum Gasteiger partial charge on any atom is -0.507 e. The highest BCUT2D eigenvalue weighted by Gasteiger charge is 2.39. The molecule has 0 saturated carbocycles. The highest BCUT2D eigenvalue weighted by atomic mass is 79.9. The van der Waals surface area contributed by atoms with Gasteiger partial charge in [-0.15, -0.1) is 0 Å². The van der Waals surface area contributed by atoms with Crippen molar-refractivity contribution in [1.29, 1.82) is 0 Å². The summed E-state index contributed by atoms with van der Waals surface area (Å²) in [5.74, 6) is -1.09. The molecule has 0 aromatic heterocycles. The van der Waals surface area contributed by atoms with Crippen molar-refractivity contribution in [3.05, 3.63) is 82.4 Å². The molecule has 1 aliphatic rings. The maximum absolute atomic E-state index is 12.3. The number of ketones is 1. The van der Waals surface area contributed by atoms with Crippen molar-refractivity contribution in [2.24, 2.45) is 0 Å². The van der Waals surface area contributed by atoms with Crippen molar-refractivity contribution in [3.8, 4) is 5.75 Å². The lowest BCUT2D eigenvalue weighted by molar-refractivity contribution is -0.133. The van der Waals surface area contributed by atoms with Gasteiger partial charge in [0.1, 0.15) is 18.1 Å². The molecule has 0 radical (unpaired) electrons. The number of rotatable bonds is 5. The van der Waals surface area contributed by atoms with Gasteiger partial charge in [0.2, 0.25) is 0 Å². The van der Waals surface area contributed by atoms with E-state index in [-0.39, 0.29) is 11.3 Å². The summed E-state index contributed by atoms with van der Waals surface area (Å²) in [5.41, 5.74) is 1.16. The fourth-order valence-corrected chi connectivity index (χ4v) is 3.14. The summed E-state index contributed by atoms with van der Waals surface area (Å²) in [6, 6.07) is 13.1. The predicted octanol–water partition coefficient (Wildman–Crippen LogP) is 3.72. The standard InChI is InChI=1S/C20H16BrNO4/c1-2-10-26-15-8-6-12(7-9-15)18(23)16-17(22-20(25)19(16)24)13-4-3-5-14(21)11-13/h2-9,11,17,23H,1,10H2,(H,22,25)/t17-/m1/s1. The molecule has 1 saturated heterocycles. The summed E-state index contributed by atoms with van der Waals surface area (Å²) in [4.78, 5) is 24.2. The molecule has 0 spiro atoms. The van der Waals surface area contributed by atoms with Crippen molar-refractivity contribution in [2.45, 2.75) is 6.04 Å². The highest BCUT2D eigenvalue weighted by Crippen LogP contribution is 2.34. The number of aliphatic hydroxyl groups excluding tert-OH is 1. The molecule has 2 aromatic carbocycles.